The molecule has 1 heterocycles. The summed E-state index contributed by atoms with van der Waals surface area (Å²) >= 11 is 0. The number of aromatic nitrogens is 2. The van der Waals surface area contributed by atoms with E-state index < -0.39 is 0 Å². The van der Waals surface area contributed by atoms with Gasteiger partial charge < -0.3 is 11.1 Å². The van der Waals surface area contributed by atoms with Gasteiger partial charge in [-0.3, -0.25) is 9.48 Å². The van der Waals surface area contributed by atoms with Crippen molar-refractivity contribution in [3.8, 4) is 0 Å². The Bertz CT molecular complexity index is 451. The van der Waals surface area contributed by atoms with Gasteiger partial charge in [0.1, 0.15) is 5.82 Å². The number of amides is 1. The van der Waals surface area contributed by atoms with Gasteiger partial charge in [0.25, 0.3) is 0 Å². The molecule has 0 radical (unpaired) electrons. The summed E-state index contributed by atoms with van der Waals surface area (Å²) in [5.41, 5.74) is 6.66. The van der Waals surface area contributed by atoms with Crippen LogP contribution in [-0.2, 0) is 18.3 Å². The molecule has 0 aliphatic heterocycles. The smallest absolute Gasteiger partial charge is 0.225 e. The number of nitrogens with one attached hydrogen (secondary N) is 1. The number of carbonyl (C=O) groups excluding carboxylic acids is 1. The highest BCUT2D eigenvalue weighted by atomic mass is 35.5. The second-order valence-corrected chi connectivity index (χ2v) is 6.88. The predicted molar refractivity (Wildman–Crippen MR) is 94.4 cm³/mol. The van der Waals surface area contributed by atoms with Gasteiger partial charge >= 0.3 is 0 Å². The van der Waals surface area contributed by atoms with Crippen molar-refractivity contribution in [2.75, 3.05) is 11.9 Å². The van der Waals surface area contributed by atoms with Gasteiger partial charge in [0.05, 0.1) is 5.69 Å². The lowest BCUT2D eigenvalue weighted by molar-refractivity contribution is -0.116. The fraction of sp³-hybridized carbons (Fsp3) is 0.750. The minimum atomic E-state index is 0. The van der Waals surface area contributed by atoms with Crippen molar-refractivity contribution in [3.05, 3.63) is 11.8 Å². The van der Waals surface area contributed by atoms with Crippen LogP contribution in [0.3, 0.4) is 0 Å². The van der Waals surface area contributed by atoms with Gasteiger partial charge in [0, 0.05) is 19.5 Å². The van der Waals surface area contributed by atoms with E-state index in [2.05, 4.69) is 31.2 Å². The molecule has 0 unspecified atom stereocenters. The third-order valence-electron chi connectivity index (χ3n) is 3.27. The Morgan fingerprint density at radius 3 is 2.50 bits per heavy atom. The molecule has 22 heavy (non-hydrogen) atoms. The van der Waals surface area contributed by atoms with Crippen molar-refractivity contribution < 1.29 is 4.79 Å². The van der Waals surface area contributed by atoms with E-state index >= 15 is 0 Å². The fourth-order valence-electron chi connectivity index (χ4n) is 2.26. The summed E-state index contributed by atoms with van der Waals surface area (Å²) in [7, 11) is 1.86. The maximum atomic E-state index is 11.9. The third-order valence-corrected chi connectivity index (χ3v) is 3.27. The van der Waals surface area contributed by atoms with Crippen LogP contribution in [-0.4, -0.2) is 22.2 Å². The highest BCUT2D eigenvalue weighted by Gasteiger charge is 2.15. The first-order chi connectivity index (χ1) is 9.81. The minimum Gasteiger partial charge on any atom is -0.330 e. The van der Waals surface area contributed by atoms with Crippen molar-refractivity contribution in [1.29, 1.82) is 0 Å². The van der Waals surface area contributed by atoms with Crippen LogP contribution in [0.25, 0.3) is 0 Å². The van der Waals surface area contributed by atoms with Crippen LogP contribution >= 0.6 is 12.4 Å². The van der Waals surface area contributed by atoms with Gasteiger partial charge in [-0.25, -0.2) is 0 Å². The number of aryl methyl sites for hydroxylation is 1. The first-order valence-corrected chi connectivity index (χ1v) is 7.84. The van der Waals surface area contributed by atoms with Gasteiger partial charge in [-0.1, -0.05) is 33.6 Å². The van der Waals surface area contributed by atoms with Crippen molar-refractivity contribution in [1.82, 2.24) is 9.78 Å². The Kier molecular flexibility index (Phi) is 9.37. The number of hydrogen-bond acceptors (Lipinski definition) is 3. The average Bonchev–Trinajstić information content (AvgIpc) is 2.66. The quantitative estimate of drug-likeness (QED) is 0.718. The van der Waals surface area contributed by atoms with Crippen LogP contribution in [0.15, 0.2) is 6.07 Å². The monoisotopic (exact) mass is 330 g/mol. The number of halogens is 1. The molecule has 0 spiro atoms. The standard InChI is InChI=1S/C16H30N4O.ClH/c1-16(2,3)12-13-11-14(20(4)19-13)18-15(21)9-7-5-6-8-10-17;/h11H,5-10,12,17H2,1-4H3,(H,18,21);1H. The first-order valence-electron chi connectivity index (χ1n) is 7.84. The Balaban J connectivity index is 0.00000441. The summed E-state index contributed by atoms with van der Waals surface area (Å²) in [4.78, 5) is 11.9. The molecule has 3 N–H and O–H groups in total. The van der Waals surface area contributed by atoms with E-state index in [-0.39, 0.29) is 23.7 Å². The second kappa shape index (κ2) is 9.85. The largest absolute Gasteiger partial charge is 0.330 e. The molecule has 1 rings (SSSR count). The van der Waals surface area contributed by atoms with Gasteiger partial charge in [-0.05, 0) is 31.2 Å². The van der Waals surface area contributed by atoms with Crippen LogP contribution in [0.5, 0.6) is 0 Å². The molecule has 0 fully saturated rings. The summed E-state index contributed by atoms with van der Waals surface area (Å²) < 4.78 is 1.74. The molecule has 0 atom stereocenters. The van der Waals surface area contributed by atoms with Gasteiger partial charge in [-0.15, -0.1) is 12.4 Å². The molecular weight excluding hydrogens is 300 g/mol. The molecule has 0 saturated carbocycles. The van der Waals surface area contributed by atoms with E-state index in [1.165, 1.54) is 0 Å². The lowest BCUT2D eigenvalue weighted by Gasteiger charge is -2.15. The number of carbonyl (C=O) groups is 1. The van der Waals surface area contributed by atoms with Crippen LogP contribution in [0.2, 0.25) is 0 Å². The highest BCUT2D eigenvalue weighted by Crippen LogP contribution is 2.21. The number of rotatable bonds is 8. The Morgan fingerprint density at radius 2 is 1.91 bits per heavy atom. The fourth-order valence-corrected chi connectivity index (χ4v) is 2.26. The van der Waals surface area contributed by atoms with Crippen LogP contribution < -0.4 is 11.1 Å². The first kappa shape index (κ1) is 20.9. The van der Waals surface area contributed by atoms with Crippen molar-refractivity contribution >= 4 is 24.1 Å². The van der Waals surface area contributed by atoms with Crippen LogP contribution in [0.1, 0.15) is 58.6 Å². The number of unbranched alkanes of at least 4 members (excludes halogenated alkanes) is 3. The second-order valence-electron chi connectivity index (χ2n) is 6.88. The lowest BCUT2D eigenvalue weighted by atomic mass is 9.91. The molecule has 0 aliphatic carbocycles. The topological polar surface area (TPSA) is 72.9 Å². The van der Waals surface area contributed by atoms with Crippen molar-refractivity contribution in [3.63, 3.8) is 0 Å². The van der Waals surface area contributed by atoms with E-state index in [1.54, 1.807) is 4.68 Å². The maximum absolute atomic E-state index is 11.9. The maximum Gasteiger partial charge on any atom is 0.225 e. The summed E-state index contributed by atoms with van der Waals surface area (Å²) in [6.45, 7) is 7.28. The highest BCUT2D eigenvalue weighted by molar-refractivity contribution is 5.89. The lowest BCUT2D eigenvalue weighted by Crippen LogP contribution is -2.13. The van der Waals surface area contributed by atoms with Crippen LogP contribution in [0.4, 0.5) is 5.82 Å². The van der Waals surface area contributed by atoms with Gasteiger partial charge in [0.15, 0.2) is 0 Å². The van der Waals surface area contributed by atoms with Gasteiger partial charge in [0.2, 0.25) is 5.91 Å². The molecule has 6 heteroatoms. The minimum absolute atomic E-state index is 0. The van der Waals surface area contributed by atoms with E-state index in [4.69, 9.17) is 5.73 Å². The van der Waals surface area contributed by atoms with E-state index in [0.29, 0.717) is 6.42 Å². The van der Waals surface area contributed by atoms with Crippen molar-refractivity contribution in [2.24, 2.45) is 18.2 Å². The molecule has 5 nitrogen and oxygen atoms in total. The van der Waals surface area contributed by atoms with E-state index in [0.717, 1.165) is 50.2 Å². The molecule has 0 aliphatic rings. The molecule has 1 amide bonds. The van der Waals surface area contributed by atoms with Gasteiger partial charge in [-0.2, -0.15) is 5.10 Å². The zero-order valence-electron chi connectivity index (χ0n) is 14.3. The molecule has 0 saturated heterocycles. The SMILES string of the molecule is Cl.Cn1nc(CC(C)(C)C)cc1NC(=O)CCCCCCN. The molecule has 0 bridgehead atoms. The van der Waals surface area contributed by atoms with Crippen molar-refractivity contribution in [2.45, 2.75) is 59.3 Å². The summed E-state index contributed by atoms with van der Waals surface area (Å²) in [6.07, 6.45) is 5.58. The van der Waals surface area contributed by atoms with E-state index in [1.807, 2.05) is 13.1 Å². The summed E-state index contributed by atoms with van der Waals surface area (Å²) in [6, 6.07) is 1.97. The van der Waals surface area contributed by atoms with E-state index in [9.17, 15) is 4.79 Å². The van der Waals surface area contributed by atoms with Crippen LogP contribution in [0, 0.1) is 5.41 Å². The molecule has 128 valence electrons. The number of nitrogens with two attached hydrogens (primary N) is 1. The zero-order chi connectivity index (χ0) is 15.9. The summed E-state index contributed by atoms with van der Waals surface area (Å²) in [5, 5.41) is 7.40. The summed E-state index contributed by atoms with van der Waals surface area (Å²) in [5.74, 6) is 0.842. The molecular formula is C16H31ClN4O. The Labute approximate surface area is 140 Å². The average molecular weight is 331 g/mol. The molecule has 0 aromatic carbocycles. The number of nitrogens with zero attached hydrogens (tertiary/aromatic N) is 2. The Hall–Kier alpha value is -1.07. The normalized spacial score (nSPS) is 11.1. The number of anilines is 1. The number of hydrogen-bond donors (Lipinski definition) is 2. The molecule has 1 aromatic rings. The Morgan fingerprint density at radius 1 is 1.27 bits per heavy atom. The molecule has 1 aromatic heterocycles. The zero-order valence-corrected chi connectivity index (χ0v) is 15.1. The predicted octanol–water partition coefficient (Wildman–Crippen LogP) is 3.28. The third kappa shape index (κ3) is 8.39.